The number of hydrogen-bond donors (Lipinski definition) is 1. The summed E-state index contributed by atoms with van der Waals surface area (Å²) in [7, 11) is 0. The van der Waals surface area contributed by atoms with Gasteiger partial charge in [-0.25, -0.2) is 4.98 Å². The van der Waals surface area contributed by atoms with Crippen molar-refractivity contribution in [1.29, 1.82) is 0 Å². The molecular weight excluding hydrogens is 448 g/mol. The molecule has 6 aliphatic rings. The molecule has 1 aromatic rings. The molecule has 5 aliphatic carbocycles. The van der Waals surface area contributed by atoms with Crippen molar-refractivity contribution in [3.05, 3.63) is 10.6 Å². The molecule has 4 saturated carbocycles. The molecule has 0 amide bonds. The van der Waals surface area contributed by atoms with E-state index in [0.29, 0.717) is 39.1 Å². The number of nitrogens with two attached hydrogens (primary N) is 1. The molecule has 1 saturated heterocycles. The lowest BCUT2D eigenvalue weighted by Gasteiger charge is -2.72. The first-order chi connectivity index (χ1) is 16.3. The zero-order valence-electron chi connectivity index (χ0n) is 23.3. The van der Waals surface area contributed by atoms with Gasteiger partial charge in [-0.15, -0.1) is 11.3 Å². The Labute approximate surface area is 217 Å². The number of hydrogen-bond acceptors (Lipinski definition) is 4. The predicted octanol–water partition coefficient (Wildman–Crippen LogP) is 7.63. The van der Waals surface area contributed by atoms with Crippen molar-refractivity contribution >= 4 is 16.5 Å². The molecule has 194 valence electrons. The smallest absolute Gasteiger partial charge is 0.180 e. The Morgan fingerprint density at radius 3 is 2.37 bits per heavy atom. The first-order valence-corrected chi connectivity index (χ1v) is 15.5. The summed E-state index contributed by atoms with van der Waals surface area (Å²) in [6, 6.07) is 0. The molecule has 3 nitrogen and oxygen atoms in total. The maximum atomic E-state index is 6.75. The van der Waals surface area contributed by atoms with E-state index in [-0.39, 0.29) is 5.41 Å². The molecule has 7 rings (SSSR count). The highest BCUT2D eigenvalue weighted by Gasteiger charge is 2.72. The van der Waals surface area contributed by atoms with E-state index in [4.69, 9.17) is 15.5 Å². The van der Waals surface area contributed by atoms with Gasteiger partial charge < -0.3 is 10.5 Å². The van der Waals surface area contributed by atoms with Crippen molar-refractivity contribution in [1.82, 2.24) is 4.98 Å². The molecular formula is C31H48N2OS. The first kappa shape index (κ1) is 23.5. The summed E-state index contributed by atoms with van der Waals surface area (Å²) in [5, 5.41) is 0.775. The lowest BCUT2D eigenvalue weighted by Crippen LogP contribution is -2.67. The van der Waals surface area contributed by atoms with Crippen LogP contribution in [0.1, 0.15) is 110 Å². The van der Waals surface area contributed by atoms with Crippen molar-refractivity contribution in [2.24, 2.45) is 50.7 Å². The van der Waals surface area contributed by atoms with Gasteiger partial charge in [0.2, 0.25) is 0 Å². The summed E-state index contributed by atoms with van der Waals surface area (Å²) in [4.78, 5) is 6.38. The van der Waals surface area contributed by atoms with E-state index in [2.05, 4.69) is 48.5 Å². The number of aromatic nitrogens is 1. The number of nitrogen functional groups attached to an aromatic ring is 1. The second-order valence-corrected chi connectivity index (χ2v) is 17.1. The maximum absolute atomic E-state index is 6.75. The normalized spacial score (nSPS) is 53.1. The minimum atomic E-state index is 0.118. The largest absolute Gasteiger partial charge is 0.377 e. The zero-order chi connectivity index (χ0) is 24.8. The number of thiazole rings is 1. The van der Waals surface area contributed by atoms with Gasteiger partial charge in [-0.2, -0.15) is 0 Å². The molecule has 0 aromatic carbocycles. The summed E-state index contributed by atoms with van der Waals surface area (Å²) < 4.78 is 6.75. The number of ether oxygens (including phenoxy) is 1. The molecule has 0 unspecified atom stereocenters. The van der Waals surface area contributed by atoms with Gasteiger partial charge in [0.05, 0.1) is 18.4 Å². The second-order valence-electron chi connectivity index (χ2n) is 16.0. The van der Waals surface area contributed by atoms with Crippen LogP contribution in [0.2, 0.25) is 0 Å². The van der Waals surface area contributed by atoms with Crippen molar-refractivity contribution in [3.8, 4) is 0 Å². The predicted molar refractivity (Wildman–Crippen MR) is 144 cm³/mol. The topological polar surface area (TPSA) is 48.1 Å². The fraction of sp³-hybridized carbons (Fsp3) is 0.903. The average molecular weight is 497 g/mol. The third-order valence-corrected chi connectivity index (χ3v) is 15.0. The third-order valence-electron chi connectivity index (χ3n) is 14.1. The minimum Gasteiger partial charge on any atom is -0.377 e. The molecule has 2 bridgehead atoms. The molecule has 0 radical (unpaired) electrons. The van der Waals surface area contributed by atoms with E-state index in [1.807, 2.05) is 0 Å². The van der Waals surface area contributed by atoms with Gasteiger partial charge in [0.1, 0.15) is 0 Å². The first-order valence-electron chi connectivity index (χ1n) is 14.7. The van der Waals surface area contributed by atoms with Gasteiger partial charge in [0, 0.05) is 10.3 Å². The fourth-order valence-electron chi connectivity index (χ4n) is 12.3. The monoisotopic (exact) mass is 496 g/mol. The molecule has 2 heterocycles. The van der Waals surface area contributed by atoms with Crippen LogP contribution in [0.4, 0.5) is 5.13 Å². The maximum Gasteiger partial charge on any atom is 0.180 e. The van der Waals surface area contributed by atoms with E-state index in [1.165, 1.54) is 68.4 Å². The Hall–Kier alpha value is -0.610. The van der Waals surface area contributed by atoms with Crippen LogP contribution >= 0.6 is 11.3 Å². The van der Waals surface area contributed by atoms with Gasteiger partial charge in [-0.1, -0.05) is 48.5 Å². The molecule has 1 aromatic heterocycles. The van der Waals surface area contributed by atoms with Crippen LogP contribution in [0.3, 0.4) is 0 Å². The van der Waals surface area contributed by atoms with E-state index >= 15 is 0 Å². The van der Waals surface area contributed by atoms with Crippen LogP contribution in [0.15, 0.2) is 0 Å². The second kappa shape index (κ2) is 6.68. The van der Waals surface area contributed by atoms with Crippen LogP contribution in [0.25, 0.3) is 0 Å². The van der Waals surface area contributed by atoms with E-state index in [0.717, 1.165) is 29.5 Å². The van der Waals surface area contributed by atoms with E-state index in [9.17, 15) is 0 Å². The summed E-state index contributed by atoms with van der Waals surface area (Å²) in [5.74, 6) is 3.10. The minimum absolute atomic E-state index is 0.118. The van der Waals surface area contributed by atoms with Gasteiger partial charge in [0.25, 0.3) is 0 Å². The lowest BCUT2D eigenvalue weighted by atomic mass is 9.32. The van der Waals surface area contributed by atoms with Crippen molar-refractivity contribution in [2.75, 3.05) is 12.3 Å². The van der Waals surface area contributed by atoms with Crippen LogP contribution in [0, 0.1) is 50.7 Å². The molecule has 5 fully saturated rings. The van der Waals surface area contributed by atoms with Crippen molar-refractivity contribution in [3.63, 3.8) is 0 Å². The van der Waals surface area contributed by atoms with Gasteiger partial charge in [-0.3, -0.25) is 0 Å². The number of anilines is 1. The number of nitrogens with zero attached hydrogens (tertiary/aromatic N) is 1. The zero-order valence-corrected chi connectivity index (χ0v) is 24.1. The Bertz CT molecular complexity index is 1080. The van der Waals surface area contributed by atoms with Crippen LogP contribution < -0.4 is 5.73 Å². The molecule has 2 N–H and O–H groups in total. The number of rotatable bonds is 0. The Morgan fingerprint density at radius 1 is 0.857 bits per heavy atom. The summed E-state index contributed by atoms with van der Waals surface area (Å²) >= 11 is 1.78. The summed E-state index contributed by atoms with van der Waals surface area (Å²) in [5.41, 5.74) is 9.72. The standard InChI is InChI=1S/C31H48N2OS/c1-26(2)12-14-31-15-13-29(6)18(22(31)24(26)34-17-31)8-9-21-28(5)16-19-23(33-25(32)35-19)27(3,4)20(28)10-11-30(21,29)7/h18,20-22,24H,8-17H2,1-7H3,(H2,32,33)/t18-,20+,21-,22+,24-,28+,29-,30-,31-/m1/s1. The quantitative estimate of drug-likeness (QED) is 0.402. The number of fused-ring (bicyclic) bond motifs is 6. The van der Waals surface area contributed by atoms with Gasteiger partial charge in [-0.05, 0) is 109 Å². The fourth-order valence-corrected chi connectivity index (χ4v) is 13.5. The molecule has 35 heavy (non-hydrogen) atoms. The van der Waals surface area contributed by atoms with Gasteiger partial charge >= 0.3 is 0 Å². The van der Waals surface area contributed by atoms with Gasteiger partial charge in [0.15, 0.2) is 5.13 Å². The summed E-state index contributed by atoms with van der Waals surface area (Å²) in [6.07, 6.45) is 12.8. The van der Waals surface area contributed by atoms with Crippen LogP contribution in [-0.4, -0.2) is 17.7 Å². The molecule has 0 spiro atoms. The highest BCUT2D eigenvalue weighted by molar-refractivity contribution is 7.15. The lowest BCUT2D eigenvalue weighted by molar-refractivity contribution is -0.232. The highest BCUT2D eigenvalue weighted by atomic mass is 32.1. The average Bonchev–Trinajstić information content (AvgIpc) is 3.30. The van der Waals surface area contributed by atoms with E-state index < -0.39 is 0 Å². The molecule has 4 heteroatoms. The SMILES string of the molecule is CC1(C)CC[C@]23CC[C@]4(C)[C@H](CC[C@@H]5[C@@]6(C)Cc7sc(N)nc7C(C)(C)[C@@H]6CC[C@]54C)[C@H]2[C@H]1OC3. The Balaban J connectivity index is 1.30. The van der Waals surface area contributed by atoms with E-state index in [1.54, 1.807) is 11.3 Å². The van der Waals surface area contributed by atoms with Crippen molar-refractivity contribution in [2.45, 2.75) is 118 Å². The van der Waals surface area contributed by atoms with Crippen LogP contribution in [0.5, 0.6) is 0 Å². The third kappa shape index (κ3) is 2.60. The highest BCUT2D eigenvalue weighted by Crippen LogP contribution is 2.77. The Morgan fingerprint density at radius 2 is 1.60 bits per heavy atom. The Kier molecular flexibility index (Phi) is 4.49. The van der Waals surface area contributed by atoms with Crippen LogP contribution in [-0.2, 0) is 16.6 Å². The molecule has 9 atom stereocenters. The molecule has 1 aliphatic heterocycles. The van der Waals surface area contributed by atoms with Crippen molar-refractivity contribution < 1.29 is 4.74 Å². The summed E-state index contributed by atoms with van der Waals surface area (Å²) in [6.45, 7) is 19.2.